The molecule has 0 amide bonds. The number of hydrogen-bond acceptors (Lipinski definition) is 3. The average molecular weight is 428 g/mol. The van der Waals surface area contributed by atoms with Gasteiger partial charge in [-0.15, -0.1) is 0 Å². The Bertz CT molecular complexity index is 1150. The minimum Gasteiger partial charge on any atom is -0.380 e. The summed E-state index contributed by atoms with van der Waals surface area (Å²) in [4.78, 5) is 7.53. The van der Waals surface area contributed by atoms with Gasteiger partial charge in [-0.3, -0.25) is 4.90 Å². The summed E-state index contributed by atoms with van der Waals surface area (Å²) < 4.78 is 0. The number of fused-ring (bicyclic) bond motifs is 1. The van der Waals surface area contributed by atoms with Crippen molar-refractivity contribution >= 4 is 28.2 Å². The molecular weight excluding hydrogens is 402 g/mol. The molecule has 3 aromatic carbocycles. The van der Waals surface area contributed by atoms with Crippen molar-refractivity contribution in [1.29, 1.82) is 0 Å². The van der Waals surface area contributed by atoms with Crippen LogP contribution in [-0.4, -0.2) is 29.0 Å². The standard InChI is InChI=1S/C27H26ClN3/c28-23-12-11-22-17-26(27(30-25(22)18-23)21-9-5-2-6-10-21)29-24-13-15-31(16-14-24)19-20-7-3-1-4-8-20/h1-12,17-18,24,29H,13-16,19H2. The number of piperidine rings is 1. The van der Waals surface area contributed by atoms with Crippen molar-refractivity contribution < 1.29 is 0 Å². The summed E-state index contributed by atoms with van der Waals surface area (Å²) in [6.45, 7) is 3.23. The van der Waals surface area contributed by atoms with Gasteiger partial charge in [0, 0.05) is 41.6 Å². The molecule has 0 bridgehead atoms. The fourth-order valence-electron chi connectivity index (χ4n) is 4.36. The van der Waals surface area contributed by atoms with Crippen molar-refractivity contribution in [2.24, 2.45) is 0 Å². The van der Waals surface area contributed by atoms with Gasteiger partial charge in [0.05, 0.1) is 16.9 Å². The van der Waals surface area contributed by atoms with Crippen LogP contribution in [-0.2, 0) is 6.54 Å². The molecule has 4 heteroatoms. The van der Waals surface area contributed by atoms with Crippen molar-refractivity contribution in [2.75, 3.05) is 18.4 Å². The quantitative estimate of drug-likeness (QED) is 0.387. The van der Waals surface area contributed by atoms with E-state index in [0.29, 0.717) is 11.1 Å². The maximum Gasteiger partial charge on any atom is 0.0941 e. The number of nitrogens with zero attached hydrogens (tertiary/aromatic N) is 2. The minimum atomic E-state index is 0.445. The summed E-state index contributed by atoms with van der Waals surface area (Å²) in [5, 5.41) is 5.64. The number of pyridine rings is 1. The predicted molar refractivity (Wildman–Crippen MR) is 131 cm³/mol. The van der Waals surface area contributed by atoms with E-state index in [2.05, 4.69) is 70.9 Å². The minimum absolute atomic E-state index is 0.445. The van der Waals surface area contributed by atoms with Crippen LogP contribution in [0.5, 0.6) is 0 Å². The molecule has 31 heavy (non-hydrogen) atoms. The van der Waals surface area contributed by atoms with E-state index in [1.165, 1.54) is 5.56 Å². The normalized spacial score (nSPS) is 15.3. The molecule has 0 aliphatic carbocycles. The van der Waals surface area contributed by atoms with Crippen LogP contribution in [0.1, 0.15) is 18.4 Å². The van der Waals surface area contributed by atoms with Crippen LogP contribution in [0.15, 0.2) is 84.9 Å². The summed E-state index contributed by atoms with van der Waals surface area (Å²) in [6.07, 6.45) is 2.25. The molecule has 1 aliphatic heterocycles. The number of aromatic nitrogens is 1. The SMILES string of the molecule is Clc1ccc2cc(NC3CCN(Cc4ccccc4)CC3)c(-c3ccccc3)nc2c1. The first-order valence-corrected chi connectivity index (χ1v) is 11.3. The zero-order chi connectivity index (χ0) is 21.0. The first kappa shape index (κ1) is 20.0. The van der Waals surface area contributed by atoms with Crippen LogP contribution in [0, 0.1) is 0 Å². The summed E-state index contributed by atoms with van der Waals surface area (Å²) in [5.74, 6) is 0. The molecule has 1 saturated heterocycles. The molecule has 5 rings (SSSR count). The number of hydrogen-bond donors (Lipinski definition) is 1. The summed E-state index contributed by atoms with van der Waals surface area (Å²) >= 11 is 6.22. The number of anilines is 1. The van der Waals surface area contributed by atoms with Crippen molar-refractivity contribution in [3.63, 3.8) is 0 Å². The largest absolute Gasteiger partial charge is 0.380 e. The van der Waals surface area contributed by atoms with Crippen LogP contribution >= 0.6 is 11.6 Å². The zero-order valence-corrected chi connectivity index (χ0v) is 18.2. The number of likely N-dealkylation sites (tertiary alicyclic amines) is 1. The molecule has 0 saturated carbocycles. The van der Waals surface area contributed by atoms with Crippen LogP contribution in [0.3, 0.4) is 0 Å². The topological polar surface area (TPSA) is 28.2 Å². The molecule has 1 aromatic heterocycles. The van der Waals surface area contributed by atoms with E-state index in [0.717, 1.165) is 60.3 Å². The lowest BCUT2D eigenvalue weighted by Gasteiger charge is -2.33. The van der Waals surface area contributed by atoms with Gasteiger partial charge in [-0.1, -0.05) is 78.3 Å². The van der Waals surface area contributed by atoms with Crippen molar-refractivity contribution in [3.8, 4) is 11.3 Å². The van der Waals surface area contributed by atoms with Crippen LogP contribution in [0.4, 0.5) is 5.69 Å². The highest BCUT2D eigenvalue weighted by molar-refractivity contribution is 6.31. The zero-order valence-electron chi connectivity index (χ0n) is 17.5. The molecule has 156 valence electrons. The summed E-state index contributed by atoms with van der Waals surface area (Å²) in [7, 11) is 0. The predicted octanol–water partition coefficient (Wildman–Crippen LogP) is 6.63. The number of benzene rings is 3. The van der Waals surface area contributed by atoms with Crippen molar-refractivity contribution in [1.82, 2.24) is 9.88 Å². The van der Waals surface area contributed by atoms with Crippen molar-refractivity contribution in [2.45, 2.75) is 25.4 Å². The fraction of sp³-hybridized carbons (Fsp3) is 0.222. The Hall–Kier alpha value is -2.88. The molecule has 0 radical (unpaired) electrons. The molecule has 1 aliphatic rings. The van der Waals surface area contributed by atoms with Gasteiger partial charge in [-0.05, 0) is 36.6 Å². The third-order valence-corrected chi connectivity index (χ3v) is 6.26. The maximum atomic E-state index is 6.22. The molecule has 0 spiro atoms. The molecule has 0 unspecified atom stereocenters. The van der Waals surface area contributed by atoms with Gasteiger partial charge in [-0.2, -0.15) is 0 Å². The molecule has 0 atom stereocenters. The second kappa shape index (κ2) is 9.09. The average Bonchev–Trinajstić information content (AvgIpc) is 2.81. The third-order valence-electron chi connectivity index (χ3n) is 6.02. The Morgan fingerprint density at radius 1 is 0.871 bits per heavy atom. The lowest BCUT2D eigenvalue weighted by atomic mass is 10.0. The van der Waals surface area contributed by atoms with E-state index < -0.39 is 0 Å². The maximum absolute atomic E-state index is 6.22. The fourth-order valence-corrected chi connectivity index (χ4v) is 4.53. The van der Waals surface area contributed by atoms with E-state index in [-0.39, 0.29) is 0 Å². The summed E-state index contributed by atoms with van der Waals surface area (Å²) in [5.41, 5.74) is 5.52. The van der Waals surface area contributed by atoms with Crippen LogP contribution < -0.4 is 5.32 Å². The van der Waals surface area contributed by atoms with Crippen LogP contribution in [0.2, 0.25) is 5.02 Å². The third kappa shape index (κ3) is 4.73. The van der Waals surface area contributed by atoms with E-state index in [1.54, 1.807) is 0 Å². The van der Waals surface area contributed by atoms with Gasteiger partial charge in [0.25, 0.3) is 0 Å². The number of nitrogens with one attached hydrogen (secondary N) is 1. The lowest BCUT2D eigenvalue weighted by Crippen LogP contribution is -2.38. The highest BCUT2D eigenvalue weighted by Crippen LogP contribution is 2.32. The summed E-state index contributed by atoms with van der Waals surface area (Å²) in [6, 6.07) is 29.7. The van der Waals surface area contributed by atoms with Gasteiger partial charge < -0.3 is 5.32 Å². The highest BCUT2D eigenvalue weighted by Gasteiger charge is 2.21. The monoisotopic (exact) mass is 427 g/mol. The molecule has 3 nitrogen and oxygen atoms in total. The number of halogens is 1. The van der Waals surface area contributed by atoms with E-state index >= 15 is 0 Å². The van der Waals surface area contributed by atoms with Gasteiger partial charge in [-0.25, -0.2) is 4.98 Å². The molecular formula is C27H26ClN3. The smallest absolute Gasteiger partial charge is 0.0941 e. The molecule has 2 heterocycles. The first-order valence-electron chi connectivity index (χ1n) is 10.9. The molecule has 1 fully saturated rings. The van der Waals surface area contributed by atoms with Crippen molar-refractivity contribution in [3.05, 3.63) is 95.5 Å². The van der Waals surface area contributed by atoms with Gasteiger partial charge >= 0.3 is 0 Å². The Morgan fingerprint density at radius 2 is 1.58 bits per heavy atom. The molecule has 1 N–H and O–H groups in total. The van der Waals surface area contributed by atoms with Gasteiger partial charge in [0.2, 0.25) is 0 Å². The Labute approximate surface area is 188 Å². The lowest BCUT2D eigenvalue weighted by molar-refractivity contribution is 0.211. The molecule has 4 aromatic rings. The second-order valence-electron chi connectivity index (χ2n) is 8.27. The van der Waals surface area contributed by atoms with E-state index in [4.69, 9.17) is 16.6 Å². The second-order valence-corrected chi connectivity index (χ2v) is 8.70. The Kier molecular flexibility index (Phi) is 5.88. The van der Waals surface area contributed by atoms with E-state index in [9.17, 15) is 0 Å². The van der Waals surface area contributed by atoms with Gasteiger partial charge in [0.1, 0.15) is 0 Å². The van der Waals surface area contributed by atoms with Crippen LogP contribution in [0.25, 0.3) is 22.2 Å². The van der Waals surface area contributed by atoms with Gasteiger partial charge in [0.15, 0.2) is 0 Å². The number of rotatable bonds is 5. The highest BCUT2D eigenvalue weighted by atomic mass is 35.5. The Morgan fingerprint density at radius 3 is 2.32 bits per heavy atom. The Balaban J connectivity index is 1.36. The van der Waals surface area contributed by atoms with E-state index in [1.807, 2.05) is 24.3 Å². The first-order chi connectivity index (χ1) is 15.2.